The number of para-hydroxylation sites is 1. The van der Waals surface area contributed by atoms with Gasteiger partial charge in [-0.1, -0.05) is 33.8 Å². The number of nitrogens with one attached hydrogen (secondary N) is 1. The number of benzene rings is 1. The smallest absolute Gasteiger partial charge is 0.244 e. The van der Waals surface area contributed by atoms with Gasteiger partial charge in [-0.25, -0.2) is 12.7 Å². The lowest BCUT2D eigenvalue weighted by atomic mass is 10.0. The van der Waals surface area contributed by atoms with Crippen molar-refractivity contribution in [3.63, 3.8) is 0 Å². The van der Waals surface area contributed by atoms with Crippen LogP contribution in [0, 0.1) is 10.8 Å². The van der Waals surface area contributed by atoms with Gasteiger partial charge in [-0.15, -0.1) is 0 Å². The third-order valence-corrected chi connectivity index (χ3v) is 7.02. The number of sulfonamides is 1. The normalized spacial score (nSPS) is 20.5. The van der Waals surface area contributed by atoms with E-state index in [1.807, 2.05) is 6.07 Å². The molecule has 0 heterocycles. The predicted molar refractivity (Wildman–Crippen MR) is 86.7 cm³/mol. The largest absolute Gasteiger partial charge is 0.396 e. The Morgan fingerprint density at radius 3 is 2.10 bits per heavy atom. The van der Waals surface area contributed by atoms with Crippen molar-refractivity contribution in [3.05, 3.63) is 18.2 Å². The number of nitrogen functional groups attached to an aromatic ring is 1. The third-order valence-electron chi connectivity index (χ3n) is 5.15. The minimum Gasteiger partial charge on any atom is -0.396 e. The molecule has 0 saturated heterocycles. The first-order valence-corrected chi connectivity index (χ1v) is 8.45. The average molecular weight is 311 g/mol. The summed E-state index contributed by atoms with van der Waals surface area (Å²) in [7, 11) is -0.531. The van der Waals surface area contributed by atoms with Crippen LogP contribution in [0.2, 0.25) is 0 Å². The van der Waals surface area contributed by atoms with E-state index >= 15 is 0 Å². The maximum atomic E-state index is 12.3. The molecule has 0 atom stereocenters. The zero-order chi connectivity index (χ0) is 16.2. The summed E-state index contributed by atoms with van der Waals surface area (Å²) in [5.41, 5.74) is 7.35. The van der Waals surface area contributed by atoms with Crippen molar-refractivity contribution in [3.8, 4) is 0 Å². The summed E-state index contributed by atoms with van der Waals surface area (Å²) >= 11 is 0. The third kappa shape index (κ3) is 2.30. The van der Waals surface area contributed by atoms with Crippen molar-refractivity contribution in [1.82, 2.24) is 4.31 Å². The van der Waals surface area contributed by atoms with Crippen molar-refractivity contribution in [1.29, 1.82) is 0 Å². The Bertz CT molecular complexity index is 649. The number of hydrogen-bond acceptors (Lipinski definition) is 4. The highest BCUT2D eigenvalue weighted by Gasteiger charge is 2.65. The molecule has 0 radical (unpaired) electrons. The fourth-order valence-corrected chi connectivity index (χ4v) is 3.84. The van der Waals surface area contributed by atoms with Crippen LogP contribution in [-0.2, 0) is 10.0 Å². The molecule has 21 heavy (non-hydrogen) atoms. The summed E-state index contributed by atoms with van der Waals surface area (Å²) in [5.74, 6) is 0. The molecule has 1 saturated carbocycles. The standard InChI is InChI=1S/C15H25N3O2S/c1-14(2)13(15(14,3)4)17-10-8-7-9-11(12(10)16)21(19,20)18(5)6/h7-9,13,17H,16H2,1-6H3. The summed E-state index contributed by atoms with van der Waals surface area (Å²) in [5, 5.41) is 3.41. The highest BCUT2D eigenvalue weighted by molar-refractivity contribution is 7.89. The summed E-state index contributed by atoms with van der Waals surface area (Å²) in [6, 6.07) is 5.36. The molecule has 1 aromatic rings. The molecule has 0 aliphatic heterocycles. The van der Waals surface area contributed by atoms with E-state index in [2.05, 4.69) is 33.0 Å². The van der Waals surface area contributed by atoms with Gasteiger partial charge in [0.2, 0.25) is 10.0 Å². The molecule has 0 amide bonds. The van der Waals surface area contributed by atoms with Gasteiger partial charge in [0.05, 0.1) is 11.4 Å². The maximum absolute atomic E-state index is 12.3. The van der Waals surface area contributed by atoms with Crippen molar-refractivity contribution in [2.24, 2.45) is 10.8 Å². The van der Waals surface area contributed by atoms with Gasteiger partial charge < -0.3 is 11.1 Å². The molecule has 118 valence electrons. The molecule has 0 bridgehead atoms. The van der Waals surface area contributed by atoms with Gasteiger partial charge in [0.1, 0.15) is 4.90 Å². The first-order chi connectivity index (χ1) is 9.44. The Kier molecular flexibility index (Phi) is 3.54. The predicted octanol–water partition coefficient (Wildman–Crippen LogP) is 2.37. The quantitative estimate of drug-likeness (QED) is 0.837. The summed E-state index contributed by atoms with van der Waals surface area (Å²) in [6.45, 7) is 8.78. The molecule has 3 N–H and O–H groups in total. The zero-order valence-electron chi connectivity index (χ0n) is 13.6. The summed E-state index contributed by atoms with van der Waals surface area (Å²) in [6.07, 6.45) is 0. The number of nitrogens with two attached hydrogens (primary N) is 1. The highest BCUT2D eigenvalue weighted by atomic mass is 32.2. The minimum atomic E-state index is -3.53. The zero-order valence-corrected chi connectivity index (χ0v) is 14.4. The second-order valence-electron chi connectivity index (χ2n) is 7.03. The van der Waals surface area contributed by atoms with Crippen molar-refractivity contribution in [2.45, 2.75) is 38.6 Å². The van der Waals surface area contributed by atoms with Crippen LogP contribution in [0.1, 0.15) is 27.7 Å². The van der Waals surface area contributed by atoms with Gasteiger partial charge in [0.15, 0.2) is 0 Å². The molecular weight excluding hydrogens is 286 g/mol. The van der Waals surface area contributed by atoms with Crippen LogP contribution in [0.25, 0.3) is 0 Å². The van der Waals surface area contributed by atoms with E-state index in [1.54, 1.807) is 12.1 Å². The fourth-order valence-electron chi connectivity index (χ4n) is 2.80. The molecule has 5 nitrogen and oxygen atoms in total. The Hall–Kier alpha value is -1.27. The lowest BCUT2D eigenvalue weighted by Crippen LogP contribution is -2.23. The van der Waals surface area contributed by atoms with Crippen LogP contribution in [0.15, 0.2) is 23.1 Å². The van der Waals surface area contributed by atoms with E-state index < -0.39 is 10.0 Å². The molecule has 6 heteroatoms. The van der Waals surface area contributed by atoms with Crippen molar-refractivity contribution in [2.75, 3.05) is 25.1 Å². The van der Waals surface area contributed by atoms with E-state index in [0.29, 0.717) is 5.69 Å². The monoisotopic (exact) mass is 311 g/mol. The van der Waals surface area contributed by atoms with Crippen molar-refractivity contribution < 1.29 is 8.42 Å². The van der Waals surface area contributed by atoms with Crippen LogP contribution in [-0.4, -0.2) is 32.9 Å². The van der Waals surface area contributed by atoms with E-state index in [0.717, 1.165) is 0 Å². The van der Waals surface area contributed by atoms with Gasteiger partial charge in [0, 0.05) is 20.1 Å². The number of hydrogen-bond donors (Lipinski definition) is 2. The molecule has 0 spiro atoms. The van der Waals surface area contributed by atoms with Gasteiger partial charge in [-0.2, -0.15) is 0 Å². The van der Waals surface area contributed by atoms with Crippen LogP contribution in [0.4, 0.5) is 11.4 Å². The van der Waals surface area contributed by atoms with Crippen LogP contribution in [0.5, 0.6) is 0 Å². The molecule has 0 unspecified atom stereocenters. The maximum Gasteiger partial charge on any atom is 0.244 e. The number of nitrogens with zero attached hydrogens (tertiary/aromatic N) is 1. The molecule has 2 rings (SSSR count). The lowest BCUT2D eigenvalue weighted by Gasteiger charge is -2.17. The lowest BCUT2D eigenvalue weighted by molar-refractivity contribution is 0.457. The van der Waals surface area contributed by atoms with Crippen molar-refractivity contribution >= 4 is 21.4 Å². The second kappa shape index (κ2) is 4.61. The molecule has 1 aliphatic rings. The van der Waals surface area contributed by atoms with E-state index in [-0.39, 0.29) is 27.5 Å². The van der Waals surface area contributed by atoms with Crippen LogP contribution >= 0.6 is 0 Å². The highest BCUT2D eigenvalue weighted by Crippen LogP contribution is 2.64. The molecular formula is C15H25N3O2S. The Labute approximate surface area is 127 Å². The van der Waals surface area contributed by atoms with E-state index in [9.17, 15) is 8.42 Å². The van der Waals surface area contributed by atoms with Gasteiger partial charge in [-0.05, 0) is 23.0 Å². The van der Waals surface area contributed by atoms with Gasteiger partial charge >= 0.3 is 0 Å². The van der Waals surface area contributed by atoms with Crippen LogP contribution in [0.3, 0.4) is 0 Å². The Morgan fingerprint density at radius 1 is 1.14 bits per heavy atom. The van der Waals surface area contributed by atoms with E-state index in [1.165, 1.54) is 18.4 Å². The van der Waals surface area contributed by atoms with Gasteiger partial charge in [-0.3, -0.25) is 0 Å². The SMILES string of the molecule is CN(C)S(=O)(=O)c1cccc(NC2C(C)(C)C2(C)C)c1N. The number of anilines is 2. The molecule has 0 aromatic heterocycles. The first kappa shape index (κ1) is 16.1. The summed E-state index contributed by atoms with van der Waals surface area (Å²) in [4.78, 5) is 0.147. The Balaban J connectivity index is 2.37. The first-order valence-electron chi connectivity index (χ1n) is 7.01. The Morgan fingerprint density at radius 2 is 1.67 bits per heavy atom. The van der Waals surface area contributed by atoms with E-state index in [4.69, 9.17) is 5.73 Å². The van der Waals surface area contributed by atoms with Gasteiger partial charge in [0.25, 0.3) is 0 Å². The van der Waals surface area contributed by atoms with Crippen LogP contribution < -0.4 is 11.1 Å². The number of rotatable bonds is 4. The molecule has 1 aliphatic carbocycles. The minimum absolute atomic E-state index is 0.147. The molecule has 1 fully saturated rings. The average Bonchev–Trinajstić information content (AvgIpc) is 2.73. The summed E-state index contributed by atoms with van der Waals surface area (Å²) < 4.78 is 25.7. The molecule has 1 aromatic carbocycles. The topological polar surface area (TPSA) is 75.4 Å². The second-order valence-corrected chi connectivity index (χ2v) is 9.15. The fraction of sp³-hybridized carbons (Fsp3) is 0.600.